The highest BCUT2D eigenvalue weighted by molar-refractivity contribution is 5.93. The predicted molar refractivity (Wildman–Crippen MR) is 71.0 cm³/mol. The molecule has 0 atom stereocenters. The van der Waals surface area contributed by atoms with Gasteiger partial charge in [-0.2, -0.15) is 0 Å². The van der Waals surface area contributed by atoms with Crippen LogP contribution < -0.4 is 11.1 Å². The fraction of sp³-hybridized carbons (Fsp3) is 0.143. The van der Waals surface area contributed by atoms with Crippen molar-refractivity contribution in [2.24, 2.45) is 0 Å². The maximum atomic E-state index is 11.8. The fourth-order valence-electron chi connectivity index (χ4n) is 1.52. The standard InChI is InChI=1S/C14H15N3O/c1-10-2-5-12(9-16-10)14(18)17-8-11-3-6-13(15)7-4-11/h2-7,9H,8,15H2,1H3,(H,17,18). The highest BCUT2D eigenvalue weighted by atomic mass is 16.1. The minimum absolute atomic E-state index is 0.126. The molecule has 4 nitrogen and oxygen atoms in total. The molecule has 92 valence electrons. The molecule has 3 N–H and O–H groups in total. The maximum absolute atomic E-state index is 11.8. The number of nitrogens with zero attached hydrogens (tertiary/aromatic N) is 1. The topological polar surface area (TPSA) is 68.0 Å². The van der Waals surface area contributed by atoms with Crippen molar-refractivity contribution in [3.8, 4) is 0 Å². The van der Waals surface area contributed by atoms with Crippen LogP contribution in [0, 0.1) is 6.92 Å². The van der Waals surface area contributed by atoms with E-state index in [0.717, 1.165) is 11.3 Å². The summed E-state index contributed by atoms with van der Waals surface area (Å²) in [4.78, 5) is 15.9. The van der Waals surface area contributed by atoms with E-state index < -0.39 is 0 Å². The first-order chi connectivity index (χ1) is 8.65. The molecule has 0 unspecified atom stereocenters. The number of nitrogen functional groups attached to an aromatic ring is 1. The molecule has 0 radical (unpaired) electrons. The second kappa shape index (κ2) is 5.31. The monoisotopic (exact) mass is 241 g/mol. The summed E-state index contributed by atoms with van der Waals surface area (Å²) >= 11 is 0. The lowest BCUT2D eigenvalue weighted by Gasteiger charge is -2.05. The van der Waals surface area contributed by atoms with Crippen LogP contribution >= 0.6 is 0 Å². The first kappa shape index (κ1) is 12.1. The molecule has 1 heterocycles. The summed E-state index contributed by atoms with van der Waals surface area (Å²) in [6.45, 7) is 2.36. The molecule has 0 saturated carbocycles. The molecular formula is C14H15N3O. The zero-order valence-corrected chi connectivity index (χ0v) is 10.2. The van der Waals surface area contributed by atoms with E-state index in [-0.39, 0.29) is 5.91 Å². The van der Waals surface area contributed by atoms with Crippen molar-refractivity contribution >= 4 is 11.6 Å². The van der Waals surface area contributed by atoms with Crippen molar-refractivity contribution in [3.63, 3.8) is 0 Å². The van der Waals surface area contributed by atoms with Gasteiger partial charge in [0.2, 0.25) is 0 Å². The van der Waals surface area contributed by atoms with Crippen molar-refractivity contribution in [2.45, 2.75) is 13.5 Å². The Hall–Kier alpha value is -2.36. The van der Waals surface area contributed by atoms with Crippen molar-refractivity contribution in [1.29, 1.82) is 0 Å². The molecule has 2 rings (SSSR count). The van der Waals surface area contributed by atoms with E-state index in [2.05, 4.69) is 10.3 Å². The Morgan fingerprint density at radius 2 is 1.94 bits per heavy atom. The van der Waals surface area contributed by atoms with Gasteiger partial charge in [-0.05, 0) is 36.8 Å². The Balaban J connectivity index is 1.96. The van der Waals surface area contributed by atoms with Gasteiger partial charge in [0.05, 0.1) is 5.56 Å². The van der Waals surface area contributed by atoms with Crippen molar-refractivity contribution in [3.05, 3.63) is 59.4 Å². The summed E-state index contributed by atoms with van der Waals surface area (Å²) in [5, 5.41) is 2.83. The molecular weight excluding hydrogens is 226 g/mol. The average Bonchev–Trinajstić information content (AvgIpc) is 2.38. The summed E-state index contributed by atoms with van der Waals surface area (Å²) in [6, 6.07) is 11.0. The molecule has 1 aromatic heterocycles. The third-order valence-electron chi connectivity index (χ3n) is 2.61. The van der Waals surface area contributed by atoms with Gasteiger partial charge in [0, 0.05) is 24.1 Å². The third kappa shape index (κ3) is 3.07. The van der Waals surface area contributed by atoms with Crippen molar-refractivity contribution in [2.75, 3.05) is 5.73 Å². The van der Waals surface area contributed by atoms with Gasteiger partial charge in [-0.15, -0.1) is 0 Å². The minimum Gasteiger partial charge on any atom is -0.399 e. The van der Waals surface area contributed by atoms with Crippen LogP contribution in [-0.4, -0.2) is 10.9 Å². The molecule has 0 aliphatic heterocycles. The largest absolute Gasteiger partial charge is 0.399 e. The lowest BCUT2D eigenvalue weighted by Crippen LogP contribution is -2.22. The number of aryl methyl sites for hydroxylation is 1. The van der Waals surface area contributed by atoms with Crippen LogP contribution in [-0.2, 0) is 6.54 Å². The van der Waals surface area contributed by atoms with Gasteiger partial charge < -0.3 is 11.1 Å². The van der Waals surface area contributed by atoms with Gasteiger partial charge in [0.1, 0.15) is 0 Å². The van der Waals surface area contributed by atoms with Gasteiger partial charge in [0.15, 0.2) is 0 Å². The number of nitrogens with one attached hydrogen (secondary N) is 1. The Morgan fingerprint density at radius 3 is 2.56 bits per heavy atom. The number of rotatable bonds is 3. The summed E-state index contributed by atoms with van der Waals surface area (Å²) < 4.78 is 0. The lowest BCUT2D eigenvalue weighted by atomic mass is 10.2. The Bertz CT molecular complexity index is 532. The number of benzene rings is 1. The number of amides is 1. The first-order valence-electron chi connectivity index (χ1n) is 5.70. The zero-order valence-electron chi connectivity index (χ0n) is 10.2. The Morgan fingerprint density at radius 1 is 1.22 bits per heavy atom. The van der Waals surface area contributed by atoms with E-state index in [4.69, 9.17) is 5.73 Å². The molecule has 1 aromatic carbocycles. The lowest BCUT2D eigenvalue weighted by molar-refractivity contribution is 0.0950. The van der Waals surface area contributed by atoms with E-state index in [9.17, 15) is 4.79 Å². The molecule has 0 aliphatic carbocycles. The highest BCUT2D eigenvalue weighted by Crippen LogP contribution is 2.05. The van der Waals surface area contributed by atoms with Crippen LogP contribution in [0.5, 0.6) is 0 Å². The van der Waals surface area contributed by atoms with E-state index >= 15 is 0 Å². The quantitative estimate of drug-likeness (QED) is 0.806. The van der Waals surface area contributed by atoms with Crippen LogP contribution in [0.2, 0.25) is 0 Å². The summed E-state index contributed by atoms with van der Waals surface area (Å²) in [5.74, 6) is -0.126. The van der Waals surface area contributed by atoms with Crippen molar-refractivity contribution in [1.82, 2.24) is 10.3 Å². The summed E-state index contributed by atoms with van der Waals surface area (Å²) in [7, 11) is 0. The predicted octanol–water partition coefficient (Wildman–Crippen LogP) is 1.90. The number of aromatic nitrogens is 1. The second-order valence-electron chi connectivity index (χ2n) is 4.11. The smallest absolute Gasteiger partial charge is 0.253 e. The van der Waals surface area contributed by atoms with Crippen LogP contribution in [0.15, 0.2) is 42.6 Å². The van der Waals surface area contributed by atoms with Gasteiger partial charge >= 0.3 is 0 Å². The molecule has 18 heavy (non-hydrogen) atoms. The van der Waals surface area contributed by atoms with Crippen LogP contribution in [0.3, 0.4) is 0 Å². The van der Waals surface area contributed by atoms with Gasteiger partial charge in [-0.25, -0.2) is 0 Å². The molecule has 2 aromatic rings. The molecule has 1 amide bonds. The van der Waals surface area contributed by atoms with Crippen molar-refractivity contribution < 1.29 is 4.79 Å². The zero-order chi connectivity index (χ0) is 13.0. The van der Waals surface area contributed by atoms with Gasteiger partial charge in [0.25, 0.3) is 5.91 Å². The van der Waals surface area contributed by atoms with Crippen LogP contribution in [0.4, 0.5) is 5.69 Å². The number of pyridine rings is 1. The van der Waals surface area contributed by atoms with E-state index in [1.807, 2.05) is 37.3 Å². The Labute approximate surface area is 106 Å². The summed E-state index contributed by atoms with van der Waals surface area (Å²) in [6.07, 6.45) is 1.58. The number of nitrogens with two attached hydrogens (primary N) is 1. The molecule has 0 fully saturated rings. The number of carbonyl (C=O) groups is 1. The average molecular weight is 241 g/mol. The second-order valence-corrected chi connectivity index (χ2v) is 4.11. The molecule has 0 spiro atoms. The molecule has 0 bridgehead atoms. The number of carbonyl (C=O) groups excluding carboxylic acids is 1. The number of anilines is 1. The van der Waals surface area contributed by atoms with Gasteiger partial charge in [-0.3, -0.25) is 9.78 Å². The van der Waals surface area contributed by atoms with Crippen LogP contribution in [0.25, 0.3) is 0 Å². The minimum atomic E-state index is -0.126. The number of hydrogen-bond acceptors (Lipinski definition) is 3. The maximum Gasteiger partial charge on any atom is 0.253 e. The highest BCUT2D eigenvalue weighted by Gasteiger charge is 2.04. The van der Waals surface area contributed by atoms with E-state index in [0.29, 0.717) is 17.8 Å². The fourth-order valence-corrected chi connectivity index (χ4v) is 1.52. The number of hydrogen-bond donors (Lipinski definition) is 2. The first-order valence-corrected chi connectivity index (χ1v) is 5.70. The molecule has 0 saturated heterocycles. The van der Waals surface area contributed by atoms with Gasteiger partial charge in [-0.1, -0.05) is 12.1 Å². The van der Waals surface area contributed by atoms with E-state index in [1.54, 1.807) is 12.3 Å². The Kier molecular flexibility index (Phi) is 3.57. The normalized spacial score (nSPS) is 10.1. The van der Waals surface area contributed by atoms with E-state index in [1.165, 1.54) is 0 Å². The van der Waals surface area contributed by atoms with Crippen LogP contribution in [0.1, 0.15) is 21.6 Å². The summed E-state index contributed by atoms with van der Waals surface area (Å²) in [5.41, 5.74) is 8.78. The SMILES string of the molecule is Cc1ccc(C(=O)NCc2ccc(N)cc2)cn1. The third-order valence-corrected chi connectivity index (χ3v) is 2.61. The molecule has 4 heteroatoms. The molecule has 0 aliphatic rings.